The molecule has 23 heavy (non-hydrogen) atoms. The summed E-state index contributed by atoms with van der Waals surface area (Å²) in [4.78, 5) is 34.8. The highest BCUT2D eigenvalue weighted by molar-refractivity contribution is 6.31. The van der Waals surface area contributed by atoms with Crippen molar-refractivity contribution < 1.29 is 14.5 Å². The highest BCUT2D eigenvalue weighted by atomic mass is 35.5. The Labute approximate surface area is 139 Å². The molecule has 1 rings (SSSR count). The molecule has 126 valence electrons. The molecule has 0 bridgehead atoms. The van der Waals surface area contributed by atoms with E-state index in [2.05, 4.69) is 10.6 Å². The first kappa shape index (κ1) is 18.9. The van der Waals surface area contributed by atoms with Gasteiger partial charge in [-0.15, -0.1) is 0 Å². The van der Waals surface area contributed by atoms with E-state index >= 15 is 0 Å². The van der Waals surface area contributed by atoms with Crippen LogP contribution >= 0.6 is 11.6 Å². The van der Waals surface area contributed by atoms with Gasteiger partial charge in [-0.05, 0) is 39.3 Å². The first-order chi connectivity index (χ1) is 10.5. The van der Waals surface area contributed by atoms with E-state index in [0.29, 0.717) is 6.42 Å². The number of benzene rings is 1. The lowest BCUT2D eigenvalue weighted by Gasteiger charge is -2.25. The molecule has 0 fully saturated rings. The summed E-state index contributed by atoms with van der Waals surface area (Å²) < 4.78 is 0. The standard InChI is InChI=1S/C15H20ClN3O4/c1-5-11(14(21)18-15(2,3)4)17-13(20)10-8-9(16)6-7-12(10)19(22)23/h6-8,11H,5H2,1-4H3,(H,17,20)(H,18,21)/t11-/m0/s1. The second kappa shape index (κ2) is 7.41. The van der Waals surface area contributed by atoms with Crippen LogP contribution in [-0.4, -0.2) is 28.3 Å². The molecule has 2 amide bonds. The molecule has 0 radical (unpaired) electrons. The monoisotopic (exact) mass is 341 g/mol. The van der Waals surface area contributed by atoms with Gasteiger partial charge in [0.1, 0.15) is 11.6 Å². The van der Waals surface area contributed by atoms with E-state index in [1.165, 1.54) is 12.1 Å². The third-order valence-electron chi connectivity index (χ3n) is 2.93. The van der Waals surface area contributed by atoms with Crippen molar-refractivity contribution in [3.05, 3.63) is 38.9 Å². The lowest BCUT2D eigenvalue weighted by molar-refractivity contribution is -0.385. The van der Waals surface area contributed by atoms with Crippen LogP contribution in [0.25, 0.3) is 0 Å². The van der Waals surface area contributed by atoms with Gasteiger partial charge >= 0.3 is 0 Å². The summed E-state index contributed by atoms with van der Waals surface area (Å²) in [5.41, 5.74) is -0.987. The van der Waals surface area contributed by atoms with Gasteiger partial charge in [-0.1, -0.05) is 18.5 Å². The molecular weight excluding hydrogens is 322 g/mol. The van der Waals surface area contributed by atoms with Crippen molar-refractivity contribution in [3.8, 4) is 0 Å². The number of nitrogens with one attached hydrogen (secondary N) is 2. The fraction of sp³-hybridized carbons (Fsp3) is 0.467. The highest BCUT2D eigenvalue weighted by Gasteiger charge is 2.26. The zero-order valence-corrected chi connectivity index (χ0v) is 14.2. The molecule has 8 heteroatoms. The van der Waals surface area contributed by atoms with Gasteiger partial charge in [-0.2, -0.15) is 0 Å². The number of nitrogens with zero attached hydrogens (tertiary/aromatic N) is 1. The molecular formula is C15H20ClN3O4. The predicted molar refractivity (Wildman–Crippen MR) is 87.5 cm³/mol. The van der Waals surface area contributed by atoms with Gasteiger partial charge in [0.15, 0.2) is 0 Å². The summed E-state index contributed by atoms with van der Waals surface area (Å²) in [6.45, 7) is 7.20. The lowest BCUT2D eigenvalue weighted by atomic mass is 10.1. The first-order valence-electron chi connectivity index (χ1n) is 7.12. The summed E-state index contributed by atoms with van der Waals surface area (Å²) >= 11 is 5.80. The Morgan fingerprint density at radius 1 is 1.35 bits per heavy atom. The van der Waals surface area contributed by atoms with E-state index in [0.717, 1.165) is 6.07 Å². The van der Waals surface area contributed by atoms with Gasteiger partial charge in [0.05, 0.1) is 4.92 Å². The van der Waals surface area contributed by atoms with Crippen LogP contribution in [0, 0.1) is 10.1 Å². The van der Waals surface area contributed by atoms with Crippen LogP contribution < -0.4 is 10.6 Å². The summed E-state index contributed by atoms with van der Waals surface area (Å²) in [6.07, 6.45) is 0.349. The molecule has 7 nitrogen and oxygen atoms in total. The Morgan fingerprint density at radius 3 is 2.43 bits per heavy atom. The average molecular weight is 342 g/mol. The number of nitro benzene ring substituents is 1. The molecule has 1 aromatic rings. The predicted octanol–water partition coefficient (Wildman–Crippen LogP) is 2.67. The Kier molecular flexibility index (Phi) is 6.09. The van der Waals surface area contributed by atoms with E-state index in [4.69, 9.17) is 11.6 Å². The lowest BCUT2D eigenvalue weighted by Crippen LogP contribution is -2.51. The molecule has 0 aliphatic rings. The van der Waals surface area contributed by atoms with Crippen molar-refractivity contribution in [2.75, 3.05) is 0 Å². The van der Waals surface area contributed by atoms with E-state index in [1.807, 2.05) is 20.8 Å². The molecule has 1 aromatic carbocycles. The van der Waals surface area contributed by atoms with Crippen molar-refractivity contribution >= 4 is 29.1 Å². The van der Waals surface area contributed by atoms with Crippen LogP contribution in [0.2, 0.25) is 5.02 Å². The molecule has 0 saturated heterocycles. The number of amides is 2. The van der Waals surface area contributed by atoms with Gasteiger partial charge in [0, 0.05) is 16.6 Å². The summed E-state index contributed by atoms with van der Waals surface area (Å²) in [6, 6.07) is 2.91. The zero-order valence-electron chi connectivity index (χ0n) is 13.5. The smallest absolute Gasteiger partial charge is 0.282 e. The Balaban J connectivity index is 2.99. The number of hydrogen-bond acceptors (Lipinski definition) is 4. The summed E-state index contributed by atoms with van der Waals surface area (Å²) in [5.74, 6) is -1.06. The highest BCUT2D eigenvalue weighted by Crippen LogP contribution is 2.22. The normalized spacial score (nSPS) is 12.4. The molecule has 0 heterocycles. The second-order valence-corrected chi connectivity index (χ2v) is 6.53. The number of hydrogen-bond donors (Lipinski definition) is 2. The zero-order chi connectivity index (χ0) is 17.8. The molecule has 1 atom stereocenters. The minimum atomic E-state index is -0.791. The first-order valence-corrected chi connectivity index (χ1v) is 7.49. The Hall–Kier alpha value is -2.15. The molecule has 0 aromatic heterocycles. The van der Waals surface area contributed by atoms with Gasteiger partial charge in [-0.25, -0.2) is 0 Å². The van der Waals surface area contributed by atoms with Crippen LogP contribution in [-0.2, 0) is 4.79 Å². The van der Waals surface area contributed by atoms with Gasteiger partial charge in [0.2, 0.25) is 5.91 Å². The van der Waals surface area contributed by atoms with E-state index in [1.54, 1.807) is 6.92 Å². The Morgan fingerprint density at radius 2 is 1.96 bits per heavy atom. The SMILES string of the molecule is CC[C@H](NC(=O)c1cc(Cl)ccc1[N+](=O)[O-])C(=O)NC(C)(C)C. The van der Waals surface area contributed by atoms with E-state index < -0.39 is 22.4 Å². The molecule has 0 saturated carbocycles. The van der Waals surface area contributed by atoms with E-state index in [9.17, 15) is 19.7 Å². The third-order valence-corrected chi connectivity index (χ3v) is 3.16. The van der Waals surface area contributed by atoms with Crippen LogP contribution in [0.4, 0.5) is 5.69 Å². The summed E-state index contributed by atoms with van der Waals surface area (Å²) in [7, 11) is 0. The number of carbonyl (C=O) groups excluding carboxylic acids is 2. The van der Waals surface area contributed by atoms with Gasteiger partial charge in [-0.3, -0.25) is 19.7 Å². The van der Waals surface area contributed by atoms with Crippen molar-refractivity contribution in [1.82, 2.24) is 10.6 Å². The van der Waals surface area contributed by atoms with Crippen molar-refractivity contribution in [2.45, 2.75) is 45.7 Å². The number of nitro groups is 1. The molecule has 0 spiro atoms. The fourth-order valence-electron chi connectivity index (χ4n) is 1.90. The largest absolute Gasteiger partial charge is 0.350 e. The quantitative estimate of drug-likeness (QED) is 0.635. The van der Waals surface area contributed by atoms with Gasteiger partial charge < -0.3 is 10.6 Å². The Bertz CT molecular complexity index is 626. The average Bonchev–Trinajstić information content (AvgIpc) is 2.41. The minimum Gasteiger partial charge on any atom is -0.350 e. The topological polar surface area (TPSA) is 101 Å². The maximum Gasteiger partial charge on any atom is 0.282 e. The van der Waals surface area contributed by atoms with Crippen molar-refractivity contribution in [2.24, 2.45) is 0 Å². The number of carbonyl (C=O) groups is 2. The molecule has 2 N–H and O–H groups in total. The van der Waals surface area contributed by atoms with Crippen molar-refractivity contribution in [3.63, 3.8) is 0 Å². The second-order valence-electron chi connectivity index (χ2n) is 6.09. The fourth-order valence-corrected chi connectivity index (χ4v) is 2.07. The third kappa shape index (κ3) is 5.52. The van der Waals surface area contributed by atoms with Crippen molar-refractivity contribution in [1.29, 1.82) is 0 Å². The van der Waals surface area contributed by atoms with Crippen LogP contribution in [0.15, 0.2) is 18.2 Å². The van der Waals surface area contributed by atoms with Crippen LogP contribution in [0.3, 0.4) is 0 Å². The number of rotatable bonds is 5. The molecule has 0 aliphatic heterocycles. The number of halogens is 1. The molecule has 0 aliphatic carbocycles. The minimum absolute atomic E-state index is 0.176. The van der Waals surface area contributed by atoms with E-state index in [-0.39, 0.29) is 22.2 Å². The van der Waals surface area contributed by atoms with Crippen LogP contribution in [0.1, 0.15) is 44.5 Å². The molecule has 0 unspecified atom stereocenters. The maximum absolute atomic E-state index is 12.3. The van der Waals surface area contributed by atoms with Crippen LogP contribution in [0.5, 0.6) is 0 Å². The maximum atomic E-state index is 12.3. The summed E-state index contributed by atoms with van der Waals surface area (Å²) in [5, 5.41) is 16.5. The van der Waals surface area contributed by atoms with Gasteiger partial charge in [0.25, 0.3) is 11.6 Å².